The third-order valence-corrected chi connectivity index (χ3v) is 6.62. The van der Waals surface area contributed by atoms with Crippen molar-refractivity contribution in [3.8, 4) is 5.75 Å². The van der Waals surface area contributed by atoms with Gasteiger partial charge in [-0.2, -0.15) is 0 Å². The van der Waals surface area contributed by atoms with Gasteiger partial charge in [-0.05, 0) is 58.7 Å². The fraction of sp³-hybridized carbons (Fsp3) is 0.667. The number of likely N-dealkylation sites (tertiary alicyclic amines) is 1. The molecule has 0 saturated carbocycles. The minimum Gasteiger partial charge on any atom is -0.486 e. The van der Waals surface area contributed by atoms with E-state index in [0.717, 1.165) is 37.0 Å². The van der Waals surface area contributed by atoms with Gasteiger partial charge >= 0.3 is 12.1 Å². The van der Waals surface area contributed by atoms with Gasteiger partial charge in [0.1, 0.15) is 17.0 Å². The molecule has 31 heavy (non-hydrogen) atoms. The van der Waals surface area contributed by atoms with Crippen LogP contribution in [0.4, 0.5) is 4.79 Å². The molecule has 4 rings (SSSR count). The highest BCUT2D eigenvalue weighted by Gasteiger charge is 2.53. The topological polar surface area (TPSA) is 74.3 Å². The van der Waals surface area contributed by atoms with Gasteiger partial charge in [-0.3, -0.25) is 0 Å². The molecule has 1 aromatic carbocycles. The molecule has 1 aromatic rings. The monoisotopic (exact) mass is 431 g/mol. The quantitative estimate of drug-likeness (QED) is 0.610. The number of esters is 1. The summed E-state index contributed by atoms with van der Waals surface area (Å²) in [6.45, 7) is 8.90. The van der Waals surface area contributed by atoms with E-state index >= 15 is 0 Å². The van der Waals surface area contributed by atoms with Crippen LogP contribution in [0.3, 0.4) is 0 Å². The van der Waals surface area contributed by atoms with Gasteiger partial charge in [0.15, 0.2) is 0 Å². The third-order valence-electron chi connectivity index (χ3n) is 6.62. The number of benzene rings is 1. The highest BCUT2D eigenvalue weighted by molar-refractivity contribution is 5.89. The minimum atomic E-state index is -0.512. The number of hydrogen-bond acceptors (Lipinski definition) is 6. The first-order valence-corrected chi connectivity index (χ1v) is 11.2. The van der Waals surface area contributed by atoms with Crippen LogP contribution in [0.5, 0.6) is 5.75 Å². The lowest BCUT2D eigenvalue weighted by atomic mass is 9.69. The lowest BCUT2D eigenvalue weighted by molar-refractivity contribution is -0.169. The molecule has 3 heterocycles. The number of amides is 1. The van der Waals surface area contributed by atoms with Crippen molar-refractivity contribution in [2.45, 2.75) is 76.8 Å². The molecule has 2 fully saturated rings. The molecule has 0 aliphatic carbocycles. The zero-order valence-corrected chi connectivity index (χ0v) is 19.1. The van der Waals surface area contributed by atoms with Crippen LogP contribution < -0.4 is 4.74 Å². The Morgan fingerprint density at radius 2 is 1.87 bits per heavy atom. The highest BCUT2D eigenvalue weighted by atomic mass is 16.6. The average Bonchev–Trinajstić information content (AvgIpc) is 2.72. The molecule has 3 aliphatic heterocycles. The summed E-state index contributed by atoms with van der Waals surface area (Å²) in [5.41, 5.74) is 0.520. The molecule has 0 radical (unpaired) electrons. The molecule has 3 aliphatic rings. The van der Waals surface area contributed by atoms with Gasteiger partial charge < -0.3 is 23.8 Å². The van der Waals surface area contributed by atoms with E-state index < -0.39 is 5.60 Å². The number of hydrogen-bond donors (Lipinski definition) is 0. The number of carbonyl (C=O) groups is 2. The molecule has 7 heteroatoms. The maximum absolute atomic E-state index is 12.5. The van der Waals surface area contributed by atoms with Crippen LogP contribution in [0.2, 0.25) is 0 Å². The summed E-state index contributed by atoms with van der Waals surface area (Å²) in [7, 11) is 1.38. The zero-order valence-electron chi connectivity index (χ0n) is 19.1. The Balaban J connectivity index is 1.59. The van der Waals surface area contributed by atoms with Crippen LogP contribution >= 0.6 is 0 Å². The molecule has 2 saturated heterocycles. The van der Waals surface area contributed by atoms with Gasteiger partial charge in [0.05, 0.1) is 24.9 Å². The van der Waals surface area contributed by atoms with E-state index in [1.165, 1.54) is 7.11 Å². The minimum absolute atomic E-state index is 0.134. The Kier molecular flexibility index (Phi) is 5.66. The Morgan fingerprint density at radius 3 is 2.52 bits per heavy atom. The zero-order chi connectivity index (χ0) is 22.4. The maximum Gasteiger partial charge on any atom is 0.410 e. The smallest absolute Gasteiger partial charge is 0.410 e. The van der Waals surface area contributed by atoms with Crippen molar-refractivity contribution in [2.75, 3.05) is 20.2 Å². The summed E-state index contributed by atoms with van der Waals surface area (Å²) >= 11 is 0. The Bertz CT molecular complexity index is 852. The van der Waals surface area contributed by atoms with Crippen molar-refractivity contribution in [1.82, 2.24) is 4.90 Å². The van der Waals surface area contributed by atoms with E-state index in [9.17, 15) is 9.59 Å². The van der Waals surface area contributed by atoms with Crippen molar-refractivity contribution in [2.24, 2.45) is 5.92 Å². The van der Waals surface area contributed by atoms with Gasteiger partial charge in [0.2, 0.25) is 0 Å². The molecule has 1 spiro atoms. The second-order valence-corrected chi connectivity index (χ2v) is 9.93. The summed E-state index contributed by atoms with van der Waals surface area (Å²) in [5, 5.41) is 0. The Morgan fingerprint density at radius 1 is 1.16 bits per heavy atom. The summed E-state index contributed by atoms with van der Waals surface area (Å²) in [6, 6.07) is 5.43. The van der Waals surface area contributed by atoms with Crippen molar-refractivity contribution in [1.29, 1.82) is 0 Å². The predicted molar refractivity (Wildman–Crippen MR) is 114 cm³/mol. The van der Waals surface area contributed by atoms with Crippen LogP contribution in [0.15, 0.2) is 18.2 Å². The summed E-state index contributed by atoms with van der Waals surface area (Å²) in [6.07, 6.45) is 3.14. The lowest BCUT2D eigenvalue weighted by Crippen LogP contribution is -2.58. The van der Waals surface area contributed by atoms with Gasteiger partial charge in [-0.15, -0.1) is 0 Å². The Hall–Kier alpha value is -2.28. The largest absolute Gasteiger partial charge is 0.486 e. The second-order valence-electron chi connectivity index (χ2n) is 9.93. The van der Waals surface area contributed by atoms with Gasteiger partial charge in [0, 0.05) is 37.4 Å². The summed E-state index contributed by atoms with van der Waals surface area (Å²) in [4.78, 5) is 26.4. The normalized spacial score (nSPS) is 27.0. The van der Waals surface area contributed by atoms with E-state index in [0.29, 0.717) is 18.7 Å². The van der Waals surface area contributed by atoms with Crippen LogP contribution in [-0.2, 0) is 14.2 Å². The van der Waals surface area contributed by atoms with E-state index in [1.54, 1.807) is 11.0 Å². The number of ether oxygens (including phenoxy) is 4. The molecule has 170 valence electrons. The van der Waals surface area contributed by atoms with Gasteiger partial charge in [-0.25, -0.2) is 9.59 Å². The van der Waals surface area contributed by atoms with Gasteiger partial charge in [-0.1, -0.05) is 0 Å². The molecule has 1 amide bonds. The summed E-state index contributed by atoms with van der Waals surface area (Å²) < 4.78 is 23.5. The van der Waals surface area contributed by atoms with Gasteiger partial charge in [0.25, 0.3) is 0 Å². The van der Waals surface area contributed by atoms with Crippen LogP contribution in [0, 0.1) is 5.92 Å². The third kappa shape index (κ3) is 4.25. The number of methoxy groups -OCH3 is 1. The fourth-order valence-corrected chi connectivity index (χ4v) is 5.08. The van der Waals surface area contributed by atoms with Crippen molar-refractivity contribution in [3.05, 3.63) is 29.3 Å². The Labute approximate surface area is 184 Å². The molecule has 3 atom stereocenters. The molecule has 0 unspecified atom stereocenters. The van der Waals surface area contributed by atoms with Crippen LogP contribution in [0.1, 0.15) is 75.4 Å². The molecular formula is C24H33NO6. The number of fused-ring (bicyclic) bond motifs is 4. The highest BCUT2D eigenvalue weighted by Crippen LogP contribution is 2.54. The molecule has 7 nitrogen and oxygen atoms in total. The fourth-order valence-electron chi connectivity index (χ4n) is 5.08. The van der Waals surface area contributed by atoms with Crippen molar-refractivity contribution < 1.29 is 28.5 Å². The number of carbonyl (C=O) groups excluding carboxylic acids is 2. The van der Waals surface area contributed by atoms with E-state index in [1.807, 2.05) is 32.9 Å². The molecule has 0 N–H and O–H groups in total. The first kappa shape index (κ1) is 21.9. The summed E-state index contributed by atoms with van der Waals surface area (Å²) in [5.74, 6) is 0.563. The van der Waals surface area contributed by atoms with Crippen LogP contribution in [0.25, 0.3) is 0 Å². The van der Waals surface area contributed by atoms with Crippen molar-refractivity contribution in [3.63, 3.8) is 0 Å². The van der Waals surface area contributed by atoms with E-state index in [4.69, 9.17) is 18.9 Å². The van der Waals surface area contributed by atoms with Crippen molar-refractivity contribution >= 4 is 12.1 Å². The second kappa shape index (κ2) is 8.01. The van der Waals surface area contributed by atoms with E-state index in [-0.39, 0.29) is 35.8 Å². The SMILES string of the molecule is COC(=O)c1ccc2c(c1)[C@@H]1O[C@H](C)CC[C@H]1C1(CCN(C(=O)OC(C)(C)C)CC1)O2. The van der Waals surface area contributed by atoms with Crippen LogP contribution in [-0.4, -0.2) is 54.5 Å². The molecule has 0 bridgehead atoms. The number of rotatable bonds is 1. The van der Waals surface area contributed by atoms with E-state index in [2.05, 4.69) is 6.92 Å². The number of piperidine rings is 1. The molecule has 0 aromatic heterocycles. The lowest BCUT2D eigenvalue weighted by Gasteiger charge is -2.54. The average molecular weight is 432 g/mol. The molecular weight excluding hydrogens is 398 g/mol. The standard InChI is InChI=1S/C24H33NO6/c1-15-6-8-18-20(29-15)17-14-16(21(26)28-5)7-9-19(17)30-24(18)10-12-25(13-11-24)22(27)31-23(2,3)4/h7,9,14-15,18,20H,6,8,10-13H2,1-5H3/t15-,18-,20+/m1/s1. The first-order chi connectivity index (χ1) is 14.6. The predicted octanol–water partition coefficient (Wildman–Crippen LogP) is 4.49. The number of nitrogens with zero attached hydrogens (tertiary/aromatic N) is 1. The maximum atomic E-state index is 12.5. The first-order valence-electron chi connectivity index (χ1n) is 11.2.